The second-order valence-electron chi connectivity index (χ2n) is 4.28. The average Bonchev–Trinajstić information content (AvgIpc) is 2.45. The first-order valence-electron chi connectivity index (χ1n) is 5.26. The van der Waals surface area contributed by atoms with E-state index >= 15 is 0 Å². The van der Waals surface area contributed by atoms with Crippen molar-refractivity contribution in [2.45, 2.75) is 32.9 Å². The standard InChI is InChI=1S/C12H16N2O/c1-7(2)13-11-9-6-4-5-8(3)10(9)14-12(11)15/h4-7,11,13H,1-3H3,(H,14,15). The summed E-state index contributed by atoms with van der Waals surface area (Å²) in [5.74, 6) is 0.0491. The molecule has 0 aromatic heterocycles. The van der Waals surface area contributed by atoms with E-state index in [0.717, 1.165) is 16.8 Å². The third-order valence-corrected chi connectivity index (χ3v) is 2.63. The van der Waals surface area contributed by atoms with Gasteiger partial charge >= 0.3 is 0 Å². The van der Waals surface area contributed by atoms with Crippen LogP contribution in [0.1, 0.15) is 31.0 Å². The minimum Gasteiger partial charge on any atom is -0.324 e. The van der Waals surface area contributed by atoms with Gasteiger partial charge in [-0.3, -0.25) is 10.1 Å². The lowest BCUT2D eigenvalue weighted by Gasteiger charge is -2.14. The van der Waals surface area contributed by atoms with Crippen LogP contribution in [0.5, 0.6) is 0 Å². The number of nitrogens with one attached hydrogen (secondary N) is 2. The fourth-order valence-electron chi connectivity index (χ4n) is 1.94. The van der Waals surface area contributed by atoms with Gasteiger partial charge in [-0.05, 0) is 26.3 Å². The minimum absolute atomic E-state index is 0.0491. The molecule has 0 saturated carbocycles. The second kappa shape index (κ2) is 3.66. The number of benzene rings is 1. The van der Waals surface area contributed by atoms with Crippen molar-refractivity contribution < 1.29 is 4.79 Å². The van der Waals surface area contributed by atoms with Crippen LogP contribution in [0.25, 0.3) is 0 Å². The maximum Gasteiger partial charge on any atom is 0.246 e. The van der Waals surface area contributed by atoms with E-state index in [1.165, 1.54) is 0 Å². The first kappa shape index (κ1) is 10.2. The molecule has 3 heteroatoms. The molecule has 0 spiro atoms. The van der Waals surface area contributed by atoms with E-state index in [1.807, 2.05) is 39.0 Å². The van der Waals surface area contributed by atoms with E-state index in [1.54, 1.807) is 0 Å². The number of amides is 1. The number of carbonyl (C=O) groups is 1. The Morgan fingerprint density at radius 1 is 1.40 bits per heavy atom. The summed E-state index contributed by atoms with van der Waals surface area (Å²) in [6.45, 7) is 6.10. The summed E-state index contributed by atoms with van der Waals surface area (Å²) in [7, 11) is 0. The fourth-order valence-corrected chi connectivity index (χ4v) is 1.94. The minimum atomic E-state index is -0.195. The van der Waals surface area contributed by atoms with Crippen LogP contribution in [0.3, 0.4) is 0 Å². The zero-order valence-corrected chi connectivity index (χ0v) is 9.29. The summed E-state index contributed by atoms with van der Waals surface area (Å²) in [4.78, 5) is 11.7. The molecule has 1 unspecified atom stereocenters. The van der Waals surface area contributed by atoms with Gasteiger partial charge in [0.25, 0.3) is 0 Å². The highest BCUT2D eigenvalue weighted by molar-refractivity contribution is 6.03. The lowest BCUT2D eigenvalue weighted by Crippen LogP contribution is -2.32. The molecule has 1 aromatic carbocycles. The van der Waals surface area contributed by atoms with Crippen LogP contribution in [0, 0.1) is 6.92 Å². The van der Waals surface area contributed by atoms with Crippen molar-refractivity contribution in [2.24, 2.45) is 0 Å². The zero-order chi connectivity index (χ0) is 11.0. The molecule has 3 nitrogen and oxygen atoms in total. The molecule has 1 heterocycles. The molecular weight excluding hydrogens is 188 g/mol. The molecule has 1 aliphatic heterocycles. The SMILES string of the molecule is Cc1cccc2c1NC(=O)C2NC(C)C. The Kier molecular flexibility index (Phi) is 2.49. The fraction of sp³-hybridized carbons (Fsp3) is 0.417. The van der Waals surface area contributed by atoms with Gasteiger partial charge in [0.05, 0.1) is 0 Å². The summed E-state index contributed by atoms with van der Waals surface area (Å²) in [5, 5.41) is 6.18. The van der Waals surface area contributed by atoms with Crippen LogP contribution in [0.4, 0.5) is 5.69 Å². The molecule has 0 saturated heterocycles. The number of carbonyl (C=O) groups excluding carboxylic acids is 1. The molecule has 15 heavy (non-hydrogen) atoms. The van der Waals surface area contributed by atoms with Crippen LogP contribution < -0.4 is 10.6 Å². The van der Waals surface area contributed by atoms with Crippen LogP contribution >= 0.6 is 0 Å². The Balaban J connectivity index is 2.37. The average molecular weight is 204 g/mol. The Morgan fingerprint density at radius 2 is 2.13 bits per heavy atom. The van der Waals surface area contributed by atoms with Crippen molar-refractivity contribution in [3.63, 3.8) is 0 Å². The van der Waals surface area contributed by atoms with E-state index in [9.17, 15) is 4.79 Å². The molecule has 0 radical (unpaired) electrons. The third-order valence-electron chi connectivity index (χ3n) is 2.63. The molecular formula is C12H16N2O. The molecule has 1 aliphatic rings. The monoisotopic (exact) mass is 204 g/mol. The smallest absolute Gasteiger partial charge is 0.246 e. The largest absolute Gasteiger partial charge is 0.324 e. The Labute approximate surface area is 89.9 Å². The summed E-state index contributed by atoms with van der Waals surface area (Å²) < 4.78 is 0. The summed E-state index contributed by atoms with van der Waals surface area (Å²) in [6.07, 6.45) is 0. The van der Waals surface area contributed by atoms with Gasteiger partial charge in [-0.1, -0.05) is 18.2 Å². The first-order chi connectivity index (χ1) is 7.09. The van der Waals surface area contributed by atoms with Gasteiger partial charge in [0.1, 0.15) is 6.04 Å². The van der Waals surface area contributed by atoms with Crippen molar-refractivity contribution >= 4 is 11.6 Å². The number of hydrogen-bond acceptors (Lipinski definition) is 2. The number of hydrogen-bond donors (Lipinski definition) is 2. The summed E-state index contributed by atoms with van der Waals surface area (Å²) >= 11 is 0. The first-order valence-corrected chi connectivity index (χ1v) is 5.26. The molecule has 1 amide bonds. The van der Waals surface area contributed by atoms with Gasteiger partial charge in [0, 0.05) is 17.3 Å². The van der Waals surface area contributed by atoms with Gasteiger partial charge in [-0.25, -0.2) is 0 Å². The Hall–Kier alpha value is -1.35. The highest BCUT2D eigenvalue weighted by Gasteiger charge is 2.31. The number of aryl methyl sites for hydroxylation is 1. The van der Waals surface area contributed by atoms with Crippen molar-refractivity contribution in [1.82, 2.24) is 5.32 Å². The Bertz CT molecular complexity index is 399. The zero-order valence-electron chi connectivity index (χ0n) is 9.29. The van der Waals surface area contributed by atoms with Crippen molar-refractivity contribution in [1.29, 1.82) is 0 Å². The van der Waals surface area contributed by atoms with Crippen LogP contribution in [0.15, 0.2) is 18.2 Å². The normalized spacial score (nSPS) is 19.2. The van der Waals surface area contributed by atoms with Crippen LogP contribution in [-0.4, -0.2) is 11.9 Å². The summed E-state index contributed by atoms with van der Waals surface area (Å²) in [6, 6.07) is 6.10. The highest BCUT2D eigenvalue weighted by atomic mass is 16.2. The van der Waals surface area contributed by atoms with E-state index in [-0.39, 0.29) is 11.9 Å². The maximum absolute atomic E-state index is 11.7. The van der Waals surface area contributed by atoms with Crippen molar-refractivity contribution in [3.8, 4) is 0 Å². The van der Waals surface area contributed by atoms with Gasteiger partial charge in [0.15, 0.2) is 0 Å². The molecule has 80 valence electrons. The number of fused-ring (bicyclic) bond motifs is 1. The van der Waals surface area contributed by atoms with Crippen molar-refractivity contribution in [3.05, 3.63) is 29.3 Å². The predicted molar refractivity (Wildman–Crippen MR) is 60.8 cm³/mol. The quantitative estimate of drug-likeness (QED) is 0.773. The van der Waals surface area contributed by atoms with Crippen LogP contribution in [-0.2, 0) is 4.79 Å². The van der Waals surface area contributed by atoms with E-state index in [0.29, 0.717) is 6.04 Å². The van der Waals surface area contributed by atoms with E-state index < -0.39 is 0 Å². The molecule has 0 bridgehead atoms. The maximum atomic E-state index is 11.7. The van der Waals surface area contributed by atoms with Crippen LogP contribution in [0.2, 0.25) is 0 Å². The molecule has 0 fully saturated rings. The molecule has 2 rings (SSSR count). The molecule has 1 aromatic rings. The number of rotatable bonds is 2. The number of para-hydroxylation sites is 1. The lowest BCUT2D eigenvalue weighted by atomic mass is 10.0. The highest BCUT2D eigenvalue weighted by Crippen LogP contribution is 2.33. The van der Waals surface area contributed by atoms with Gasteiger partial charge in [-0.2, -0.15) is 0 Å². The third kappa shape index (κ3) is 1.75. The Morgan fingerprint density at radius 3 is 2.80 bits per heavy atom. The molecule has 1 atom stereocenters. The predicted octanol–water partition coefficient (Wildman–Crippen LogP) is 1.99. The van der Waals surface area contributed by atoms with E-state index in [4.69, 9.17) is 0 Å². The van der Waals surface area contributed by atoms with Gasteiger partial charge < -0.3 is 5.32 Å². The van der Waals surface area contributed by atoms with Gasteiger partial charge in [-0.15, -0.1) is 0 Å². The second-order valence-corrected chi connectivity index (χ2v) is 4.28. The van der Waals surface area contributed by atoms with E-state index in [2.05, 4.69) is 10.6 Å². The van der Waals surface area contributed by atoms with Gasteiger partial charge in [0.2, 0.25) is 5.91 Å². The molecule has 2 N–H and O–H groups in total. The van der Waals surface area contributed by atoms with Crippen molar-refractivity contribution in [2.75, 3.05) is 5.32 Å². The topological polar surface area (TPSA) is 41.1 Å². The molecule has 0 aliphatic carbocycles. The lowest BCUT2D eigenvalue weighted by molar-refractivity contribution is -0.117. The summed E-state index contributed by atoms with van der Waals surface area (Å²) in [5.41, 5.74) is 3.16. The number of anilines is 1.